The second-order valence-electron chi connectivity index (χ2n) is 4.63. The lowest BCUT2D eigenvalue weighted by atomic mass is 10.2. The van der Waals surface area contributed by atoms with Gasteiger partial charge in [-0.05, 0) is 18.1 Å². The summed E-state index contributed by atoms with van der Waals surface area (Å²) in [7, 11) is -1.47. The molecule has 1 aromatic carbocycles. The van der Waals surface area contributed by atoms with Gasteiger partial charge in [0.05, 0.1) is 5.75 Å². The summed E-state index contributed by atoms with van der Waals surface area (Å²) in [4.78, 5) is 11.5. The highest BCUT2D eigenvalue weighted by Crippen LogP contribution is 2.20. The summed E-state index contributed by atoms with van der Waals surface area (Å²) in [5, 5.41) is 2.90. The fourth-order valence-electron chi connectivity index (χ4n) is 1.40. The molecule has 0 aliphatic carbocycles. The van der Waals surface area contributed by atoms with E-state index in [1.807, 2.05) is 13.8 Å². The SMILES string of the molecule is CC(C)CNC(=O)CS(=O)Cc1c(F)cccc1Cl. The molecule has 6 heteroatoms. The van der Waals surface area contributed by atoms with Crippen molar-refractivity contribution >= 4 is 28.3 Å². The van der Waals surface area contributed by atoms with Crippen molar-refractivity contribution in [3.8, 4) is 0 Å². The molecule has 19 heavy (non-hydrogen) atoms. The first-order valence-corrected chi connectivity index (χ1v) is 7.81. The van der Waals surface area contributed by atoms with Gasteiger partial charge in [-0.3, -0.25) is 9.00 Å². The number of benzene rings is 1. The molecule has 3 nitrogen and oxygen atoms in total. The van der Waals surface area contributed by atoms with Crippen molar-refractivity contribution in [1.29, 1.82) is 0 Å². The molecule has 0 spiro atoms. The van der Waals surface area contributed by atoms with E-state index in [4.69, 9.17) is 11.6 Å². The van der Waals surface area contributed by atoms with Crippen molar-refractivity contribution in [2.75, 3.05) is 12.3 Å². The minimum atomic E-state index is -1.47. The zero-order chi connectivity index (χ0) is 14.4. The quantitative estimate of drug-likeness (QED) is 0.878. The van der Waals surface area contributed by atoms with Gasteiger partial charge in [0.25, 0.3) is 0 Å². The van der Waals surface area contributed by atoms with Crippen LogP contribution in [-0.4, -0.2) is 22.4 Å². The van der Waals surface area contributed by atoms with Gasteiger partial charge in [0, 0.05) is 27.9 Å². The van der Waals surface area contributed by atoms with E-state index in [1.54, 1.807) is 0 Å². The lowest BCUT2D eigenvalue weighted by Gasteiger charge is -2.08. The minimum Gasteiger partial charge on any atom is -0.355 e. The molecule has 1 aromatic rings. The number of nitrogens with one attached hydrogen (secondary N) is 1. The Morgan fingerprint density at radius 2 is 2.16 bits per heavy atom. The molecule has 0 aliphatic rings. The Labute approximate surface area is 120 Å². The van der Waals surface area contributed by atoms with E-state index in [-0.39, 0.29) is 28.0 Å². The lowest BCUT2D eigenvalue weighted by Crippen LogP contribution is -2.31. The van der Waals surface area contributed by atoms with Crippen LogP contribution < -0.4 is 5.32 Å². The second-order valence-corrected chi connectivity index (χ2v) is 6.49. The van der Waals surface area contributed by atoms with E-state index in [2.05, 4.69) is 5.32 Å². The molecule has 1 N–H and O–H groups in total. The van der Waals surface area contributed by atoms with Gasteiger partial charge < -0.3 is 5.32 Å². The van der Waals surface area contributed by atoms with Crippen LogP contribution in [0.1, 0.15) is 19.4 Å². The maximum atomic E-state index is 13.5. The van der Waals surface area contributed by atoms with Gasteiger partial charge in [0.2, 0.25) is 5.91 Å². The second kappa shape index (κ2) is 7.60. The molecule has 0 saturated heterocycles. The third-order valence-corrected chi connectivity index (χ3v) is 3.92. The predicted molar refractivity (Wildman–Crippen MR) is 76.0 cm³/mol. The van der Waals surface area contributed by atoms with Gasteiger partial charge in [-0.2, -0.15) is 0 Å². The van der Waals surface area contributed by atoms with E-state index in [0.717, 1.165) is 0 Å². The average molecular weight is 306 g/mol. The van der Waals surface area contributed by atoms with Gasteiger partial charge in [-0.25, -0.2) is 4.39 Å². The monoisotopic (exact) mass is 305 g/mol. The van der Waals surface area contributed by atoms with E-state index in [0.29, 0.717) is 12.5 Å². The van der Waals surface area contributed by atoms with Gasteiger partial charge in [-0.15, -0.1) is 0 Å². The molecule has 0 fully saturated rings. The van der Waals surface area contributed by atoms with Crippen LogP contribution >= 0.6 is 11.6 Å². The topological polar surface area (TPSA) is 46.2 Å². The Bertz CT molecular complexity index is 459. The van der Waals surface area contributed by atoms with Gasteiger partial charge in [-0.1, -0.05) is 31.5 Å². The number of halogens is 2. The number of amides is 1. The Morgan fingerprint density at radius 3 is 2.74 bits per heavy atom. The molecule has 1 amide bonds. The standard InChI is InChI=1S/C13H17ClFNO2S/c1-9(2)6-16-13(17)8-19(18)7-10-11(14)4-3-5-12(10)15/h3-5,9H,6-8H2,1-2H3,(H,16,17). The van der Waals surface area contributed by atoms with Crippen molar-refractivity contribution in [2.45, 2.75) is 19.6 Å². The van der Waals surface area contributed by atoms with Crippen LogP contribution in [0, 0.1) is 11.7 Å². The highest BCUT2D eigenvalue weighted by molar-refractivity contribution is 7.84. The fourth-order valence-corrected chi connectivity index (χ4v) is 2.82. The molecular formula is C13H17ClFNO2S. The fraction of sp³-hybridized carbons (Fsp3) is 0.462. The summed E-state index contributed by atoms with van der Waals surface area (Å²) in [5.74, 6) is -0.654. The lowest BCUT2D eigenvalue weighted by molar-refractivity contribution is -0.118. The summed E-state index contributed by atoms with van der Waals surface area (Å²) in [5.41, 5.74) is 0.194. The number of carbonyl (C=O) groups excluding carboxylic acids is 1. The predicted octanol–water partition coefficient (Wildman–Crippen LogP) is 2.50. The average Bonchev–Trinajstić information content (AvgIpc) is 2.31. The first-order valence-electron chi connectivity index (χ1n) is 5.94. The summed E-state index contributed by atoms with van der Waals surface area (Å²) in [6.07, 6.45) is 0. The zero-order valence-corrected chi connectivity index (χ0v) is 12.5. The Balaban J connectivity index is 2.54. The highest BCUT2D eigenvalue weighted by atomic mass is 35.5. The van der Waals surface area contributed by atoms with Crippen LogP contribution in [-0.2, 0) is 21.3 Å². The van der Waals surface area contributed by atoms with Crippen LogP contribution in [0.4, 0.5) is 4.39 Å². The molecule has 1 rings (SSSR count). The summed E-state index contributed by atoms with van der Waals surface area (Å²) in [6.45, 7) is 4.48. The molecule has 1 atom stereocenters. The van der Waals surface area contributed by atoms with Gasteiger partial charge in [0.15, 0.2) is 0 Å². The normalized spacial score (nSPS) is 12.5. The van der Waals surface area contributed by atoms with Crippen molar-refractivity contribution < 1.29 is 13.4 Å². The largest absolute Gasteiger partial charge is 0.355 e. The molecule has 0 radical (unpaired) electrons. The third-order valence-electron chi connectivity index (χ3n) is 2.37. The Hall–Kier alpha value is -0.940. The van der Waals surface area contributed by atoms with E-state index in [9.17, 15) is 13.4 Å². The number of hydrogen-bond acceptors (Lipinski definition) is 2. The summed E-state index contributed by atoms with van der Waals surface area (Å²) < 4.78 is 25.3. The maximum Gasteiger partial charge on any atom is 0.232 e. The van der Waals surface area contributed by atoms with Crippen LogP contribution in [0.3, 0.4) is 0 Å². The number of rotatable bonds is 6. The number of hydrogen-bond donors (Lipinski definition) is 1. The Kier molecular flexibility index (Phi) is 6.45. The van der Waals surface area contributed by atoms with Gasteiger partial charge >= 0.3 is 0 Å². The molecule has 0 aliphatic heterocycles. The molecule has 0 saturated carbocycles. The van der Waals surface area contributed by atoms with Gasteiger partial charge in [0.1, 0.15) is 11.6 Å². The summed E-state index contributed by atoms with van der Waals surface area (Å²) >= 11 is 5.84. The number of carbonyl (C=O) groups is 1. The maximum absolute atomic E-state index is 13.5. The highest BCUT2D eigenvalue weighted by Gasteiger charge is 2.13. The minimum absolute atomic E-state index is 0.0550. The van der Waals surface area contributed by atoms with Crippen LogP contribution in [0.25, 0.3) is 0 Å². The smallest absolute Gasteiger partial charge is 0.232 e. The molecule has 1 unspecified atom stereocenters. The first-order chi connectivity index (χ1) is 8.90. The van der Waals surface area contributed by atoms with E-state index in [1.165, 1.54) is 18.2 Å². The van der Waals surface area contributed by atoms with Crippen LogP contribution in [0.15, 0.2) is 18.2 Å². The molecule has 0 heterocycles. The first kappa shape index (κ1) is 16.1. The molecule has 0 aromatic heterocycles. The van der Waals surface area contributed by atoms with Crippen LogP contribution in [0.2, 0.25) is 5.02 Å². The summed E-state index contributed by atoms with van der Waals surface area (Å²) in [6, 6.07) is 4.28. The zero-order valence-electron chi connectivity index (χ0n) is 10.9. The Morgan fingerprint density at radius 1 is 1.47 bits per heavy atom. The van der Waals surface area contributed by atoms with E-state index < -0.39 is 16.6 Å². The van der Waals surface area contributed by atoms with Crippen molar-refractivity contribution in [1.82, 2.24) is 5.32 Å². The molecular weight excluding hydrogens is 289 g/mol. The van der Waals surface area contributed by atoms with E-state index >= 15 is 0 Å². The van der Waals surface area contributed by atoms with Crippen molar-refractivity contribution in [2.24, 2.45) is 5.92 Å². The molecule has 0 bridgehead atoms. The third kappa shape index (κ3) is 5.70. The van der Waals surface area contributed by atoms with Crippen molar-refractivity contribution in [3.63, 3.8) is 0 Å². The molecule has 106 valence electrons. The van der Waals surface area contributed by atoms with Crippen LogP contribution in [0.5, 0.6) is 0 Å². The van der Waals surface area contributed by atoms with Crippen molar-refractivity contribution in [3.05, 3.63) is 34.6 Å².